The van der Waals surface area contributed by atoms with Gasteiger partial charge in [0.05, 0.1) is 19.2 Å². The molecular formula is C19H20N4O. The maximum Gasteiger partial charge on any atom is 0.222 e. The van der Waals surface area contributed by atoms with Crippen molar-refractivity contribution in [1.29, 1.82) is 0 Å². The summed E-state index contributed by atoms with van der Waals surface area (Å²) in [6, 6.07) is 17.1. The Labute approximate surface area is 141 Å². The summed E-state index contributed by atoms with van der Waals surface area (Å²) in [6.45, 7) is 2.15. The van der Waals surface area contributed by atoms with E-state index in [9.17, 15) is 0 Å². The number of aryl methyl sites for hydroxylation is 1. The molecule has 2 heterocycles. The smallest absolute Gasteiger partial charge is 0.222 e. The van der Waals surface area contributed by atoms with Crippen LogP contribution in [-0.4, -0.2) is 21.9 Å². The minimum absolute atomic E-state index is 0.178. The van der Waals surface area contributed by atoms with Crippen molar-refractivity contribution >= 4 is 5.95 Å². The molecule has 1 aromatic heterocycles. The Morgan fingerprint density at radius 2 is 1.92 bits per heavy atom. The van der Waals surface area contributed by atoms with Gasteiger partial charge in [-0.25, -0.2) is 4.68 Å². The fourth-order valence-corrected chi connectivity index (χ4v) is 3.39. The van der Waals surface area contributed by atoms with Gasteiger partial charge in [0.15, 0.2) is 0 Å². The summed E-state index contributed by atoms with van der Waals surface area (Å²) in [6.07, 6.45) is 2.54. The molecule has 24 heavy (non-hydrogen) atoms. The fraction of sp³-hybridized carbons (Fsp3) is 0.263. The highest BCUT2D eigenvalue weighted by Crippen LogP contribution is 2.38. The molecule has 0 aliphatic carbocycles. The van der Waals surface area contributed by atoms with Crippen LogP contribution >= 0.6 is 0 Å². The lowest BCUT2D eigenvalue weighted by molar-refractivity contribution is 0.413. The van der Waals surface area contributed by atoms with Crippen LogP contribution in [0.15, 0.2) is 54.9 Å². The number of aromatic nitrogens is 3. The molecule has 0 fully saturated rings. The van der Waals surface area contributed by atoms with E-state index < -0.39 is 0 Å². The lowest BCUT2D eigenvalue weighted by Crippen LogP contribution is -2.28. The second-order valence-corrected chi connectivity index (χ2v) is 6.11. The van der Waals surface area contributed by atoms with E-state index in [-0.39, 0.29) is 12.1 Å². The standard InChI is InChI=1S/C19H20N4O/c1-13-5-3-4-6-16(13)18-11-17(22-19-20-12-21-23(18)19)14-7-9-15(24-2)10-8-14/h3-10,12,17-18H,11H2,1-2H3,(H,20,21,22)/t17-,18+/m0/s1. The summed E-state index contributed by atoms with van der Waals surface area (Å²) in [5.74, 6) is 1.68. The third-order valence-electron chi connectivity index (χ3n) is 4.70. The molecule has 3 aromatic rings. The van der Waals surface area contributed by atoms with E-state index in [4.69, 9.17) is 4.74 Å². The monoisotopic (exact) mass is 320 g/mol. The third-order valence-corrected chi connectivity index (χ3v) is 4.70. The van der Waals surface area contributed by atoms with E-state index >= 15 is 0 Å². The number of anilines is 1. The quantitative estimate of drug-likeness (QED) is 0.799. The van der Waals surface area contributed by atoms with Gasteiger partial charge in [0, 0.05) is 0 Å². The molecule has 0 radical (unpaired) electrons. The van der Waals surface area contributed by atoms with Gasteiger partial charge < -0.3 is 10.1 Å². The first kappa shape index (κ1) is 14.8. The first-order valence-corrected chi connectivity index (χ1v) is 8.12. The molecule has 122 valence electrons. The lowest BCUT2D eigenvalue weighted by Gasteiger charge is -2.32. The molecular weight excluding hydrogens is 300 g/mol. The third kappa shape index (κ3) is 2.52. The number of hydrogen-bond acceptors (Lipinski definition) is 4. The summed E-state index contributed by atoms with van der Waals surface area (Å²) in [5, 5.41) is 7.93. The van der Waals surface area contributed by atoms with Gasteiger partial charge in [0.1, 0.15) is 12.1 Å². The van der Waals surface area contributed by atoms with E-state index in [0.717, 1.165) is 18.1 Å². The minimum Gasteiger partial charge on any atom is -0.497 e. The van der Waals surface area contributed by atoms with Crippen molar-refractivity contribution in [2.24, 2.45) is 0 Å². The number of ether oxygens (including phenoxy) is 1. The molecule has 1 N–H and O–H groups in total. The number of methoxy groups -OCH3 is 1. The normalized spacial score (nSPS) is 19.4. The van der Waals surface area contributed by atoms with Crippen molar-refractivity contribution in [2.45, 2.75) is 25.4 Å². The van der Waals surface area contributed by atoms with Gasteiger partial charge in [0.25, 0.3) is 0 Å². The van der Waals surface area contributed by atoms with Gasteiger partial charge in [-0.2, -0.15) is 10.1 Å². The van der Waals surface area contributed by atoms with Crippen molar-refractivity contribution < 1.29 is 4.74 Å². The largest absolute Gasteiger partial charge is 0.497 e. The second-order valence-electron chi connectivity index (χ2n) is 6.11. The Balaban J connectivity index is 1.72. The summed E-state index contributed by atoms with van der Waals surface area (Å²) in [4.78, 5) is 4.39. The van der Waals surface area contributed by atoms with Gasteiger partial charge in [-0.1, -0.05) is 36.4 Å². The second kappa shape index (κ2) is 6.00. The highest BCUT2D eigenvalue weighted by Gasteiger charge is 2.30. The van der Waals surface area contributed by atoms with Crippen LogP contribution in [-0.2, 0) is 0 Å². The van der Waals surface area contributed by atoms with Gasteiger partial charge in [-0.05, 0) is 42.2 Å². The molecule has 0 unspecified atom stereocenters. The van der Waals surface area contributed by atoms with Crippen molar-refractivity contribution in [3.8, 4) is 5.75 Å². The van der Waals surface area contributed by atoms with Crippen LogP contribution < -0.4 is 10.1 Å². The summed E-state index contributed by atoms with van der Waals surface area (Å²) >= 11 is 0. The fourth-order valence-electron chi connectivity index (χ4n) is 3.39. The van der Waals surface area contributed by atoms with E-state index in [0.29, 0.717) is 0 Å². The van der Waals surface area contributed by atoms with Crippen LogP contribution in [0.2, 0.25) is 0 Å². The summed E-state index contributed by atoms with van der Waals surface area (Å²) in [7, 11) is 1.69. The van der Waals surface area contributed by atoms with Crippen LogP contribution in [0, 0.1) is 6.92 Å². The molecule has 0 saturated carbocycles. The van der Waals surface area contributed by atoms with E-state index in [1.165, 1.54) is 16.7 Å². The van der Waals surface area contributed by atoms with Crippen LogP contribution in [0.1, 0.15) is 35.2 Å². The average molecular weight is 320 g/mol. The Morgan fingerprint density at radius 3 is 2.67 bits per heavy atom. The van der Waals surface area contributed by atoms with Gasteiger partial charge >= 0.3 is 0 Å². The maximum atomic E-state index is 5.26. The molecule has 0 saturated heterocycles. The van der Waals surface area contributed by atoms with E-state index in [2.05, 4.69) is 58.7 Å². The van der Waals surface area contributed by atoms with Crippen molar-refractivity contribution in [3.05, 3.63) is 71.5 Å². The van der Waals surface area contributed by atoms with Gasteiger partial charge in [-0.15, -0.1) is 0 Å². The highest BCUT2D eigenvalue weighted by molar-refractivity contribution is 5.41. The Kier molecular flexibility index (Phi) is 3.69. The zero-order chi connectivity index (χ0) is 16.5. The molecule has 5 heteroatoms. The van der Waals surface area contributed by atoms with Crippen LogP contribution in [0.5, 0.6) is 5.75 Å². The van der Waals surface area contributed by atoms with Gasteiger partial charge in [0.2, 0.25) is 5.95 Å². The zero-order valence-corrected chi connectivity index (χ0v) is 13.8. The molecule has 2 atom stereocenters. The van der Waals surface area contributed by atoms with Crippen molar-refractivity contribution in [2.75, 3.05) is 12.4 Å². The number of nitrogens with zero attached hydrogens (tertiary/aromatic N) is 3. The average Bonchev–Trinajstić information content (AvgIpc) is 3.10. The topological polar surface area (TPSA) is 52.0 Å². The number of rotatable bonds is 3. The minimum atomic E-state index is 0.178. The molecule has 4 rings (SSSR count). The molecule has 0 amide bonds. The van der Waals surface area contributed by atoms with Gasteiger partial charge in [-0.3, -0.25) is 0 Å². The van der Waals surface area contributed by atoms with Crippen LogP contribution in [0.3, 0.4) is 0 Å². The van der Waals surface area contributed by atoms with Crippen LogP contribution in [0.4, 0.5) is 5.95 Å². The number of benzene rings is 2. The molecule has 2 aromatic carbocycles. The Hall–Kier alpha value is -2.82. The highest BCUT2D eigenvalue weighted by atomic mass is 16.5. The number of nitrogens with one attached hydrogen (secondary N) is 1. The maximum absolute atomic E-state index is 5.26. The molecule has 0 spiro atoms. The Morgan fingerprint density at radius 1 is 1.12 bits per heavy atom. The first-order valence-electron chi connectivity index (χ1n) is 8.12. The summed E-state index contributed by atoms with van der Waals surface area (Å²) < 4.78 is 7.25. The van der Waals surface area contributed by atoms with Crippen molar-refractivity contribution in [1.82, 2.24) is 14.8 Å². The molecule has 1 aliphatic rings. The summed E-state index contributed by atoms with van der Waals surface area (Å²) in [5.41, 5.74) is 3.80. The SMILES string of the molecule is COc1ccc([C@@H]2C[C@H](c3ccccc3C)n3ncnc3N2)cc1. The number of fused-ring (bicyclic) bond motifs is 1. The predicted octanol–water partition coefficient (Wildman–Crippen LogP) is 3.74. The first-order chi connectivity index (χ1) is 11.8. The molecule has 1 aliphatic heterocycles. The van der Waals surface area contributed by atoms with Crippen molar-refractivity contribution in [3.63, 3.8) is 0 Å². The number of hydrogen-bond donors (Lipinski definition) is 1. The zero-order valence-electron chi connectivity index (χ0n) is 13.8. The molecule has 5 nitrogen and oxygen atoms in total. The Bertz CT molecular complexity index is 841. The van der Waals surface area contributed by atoms with Crippen LogP contribution in [0.25, 0.3) is 0 Å². The predicted molar refractivity (Wildman–Crippen MR) is 93.3 cm³/mol. The van der Waals surface area contributed by atoms with E-state index in [1.807, 2.05) is 16.8 Å². The lowest BCUT2D eigenvalue weighted by atomic mass is 9.91. The van der Waals surface area contributed by atoms with E-state index in [1.54, 1.807) is 13.4 Å². The molecule has 0 bridgehead atoms.